The van der Waals surface area contributed by atoms with Crippen LogP contribution in [-0.4, -0.2) is 37.7 Å². The van der Waals surface area contributed by atoms with Crippen molar-refractivity contribution in [2.75, 3.05) is 26.7 Å². The first-order valence-electron chi connectivity index (χ1n) is 7.42. The Labute approximate surface area is 116 Å². The van der Waals surface area contributed by atoms with E-state index in [0.717, 1.165) is 31.5 Å². The van der Waals surface area contributed by atoms with Crippen LogP contribution in [0.1, 0.15) is 38.3 Å². The van der Waals surface area contributed by atoms with Crippen molar-refractivity contribution in [3.8, 4) is 5.75 Å². The standard InChI is InChI=1S/C16H26N2O/c1-4-18(14-8-9-14)12-16(17-3)13-6-10-15(11-7-13)19-5-2/h6-7,10-11,14,16-17H,4-5,8-9,12H2,1-3H3. The Morgan fingerprint density at radius 3 is 2.42 bits per heavy atom. The van der Waals surface area contributed by atoms with E-state index in [-0.39, 0.29) is 0 Å². The van der Waals surface area contributed by atoms with E-state index in [4.69, 9.17) is 4.74 Å². The molecule has 0 spiro atoms. The van der Waals surface area contributed by atoms with Crippen LogP contribution in [0, 0.1) is 0 Å². The Balaban J connectivity index is 1.99. The van der Waals surface area contributed by atoms with Gasteiger partial charge >= 0.3 is 0 Å². The predicted octanol–water partition coefficient (Wildman–Crippen LogP) is 2.83. The molecule has 1 N–H and O–H groups in total. The molecular weight excluding hydrogens is 236 g/mol. The van der Waals surface area contributed by atoms with Gasteiger partial charge < -0.3 is 10.1 Å². The summed E-state index contributed by atoms with van der Waals surface area (Å²) in [6, 6.07) is 9.70. The Bertz CT molecular complexity index is 373. The second kappa shape index (κ2) is 6.92. The molecule has 0 saturated heterocycles. The smallest absolute Gasteiger partial charge is 0.119 e. The first kappa shape index (κ1) is 14.4. The summed E-state index contributed by atoms with van der Waals surface area (Å²) in [6.07, 6.45) is 2.74. The lowest BCUT2D eigenvalue weighted by Gasteiger charge is -2.26. The second-order valence-electron chi connectivity index (χ2n) is 5.16. The molecule has 0 aromatic heterocycles. The Hall–Kier alpha value is -1.06. The largest absolute Gasteiger partial charge is 0.494 e. The van der Waals surface area contributed by atoms with Crippen LogP contribution in [0.5, 0.6) is 5.75 Å². The van der Waals surface area contributed by atoms with Crippen molar-refractivity contribution >= 4 is 0 Å². The van der Waals surface area contributed by atoms with Crippen LogP contribution in [0.2, 0.25) is 0 Å². The molecule has 1 aliphatic carbocycles. The highest BCUT2D eigenvalue weighted by atomic mass is 16.5. The van der Waals surface area contributed by atoms with Crippen molar-refractivity contribution in [3.63, 3.8) is 0 Å². The molecule has 1 aliphatic rings. The minimum Gasteiger partial charge on any atom is -0.494 e. The van der Waals surface area contributed by atoms with Crippen LogP contribution in [0.15, 0.2) is 24.3 Å². The van der Waals surface area contributed by atoms with Crippen LogP contribution < -0.4 is 10.1 Å². The lowest BCUT2D eigenvalue weighted by Crippen LogP contribution is -2.35. The third-order valence-corrected chi connectivity index (χ3v) is 3.83. The first-order chi connectivity index (χ1) is 9.28. The monoisotopic (exact) mass is 262 g/mol. The maximum absolute atomic E-state index is 5.49. The van der Waals surface area contributed by atoms with Gasteiger partial charge in [0, 0.05) is 18.6 Å². The lowest BCUT2D eigenvalue weighted by molar-refractivity contribution is 0.248. The third kappa shape index (κ3) is 3.95. The van der Waals surface area contributed by atoms with Crippen molar-refractivity contribution in [2.24, 2.45) is 0 Å². The van der Waals surface area contributed by atoms with Crippen molar-refractivity contribution in [2.45, 2.75) is 38.8 Å². The SMILES string of the molecule is CCOc1ccc(C(CN(CC)C2CC2)NC)cc1. The molecule has 1 unspecified atom stereocenters. The topological polar surface area (TPSA) is 24.5 Å². The molecule has 1 saturated carbocycles. The molecule has 3 heteroatoms. The summed E-state index contributed by atoms with van der Waals surface area (Å²) in [5, 5.41) is 3.43. The average Bonchev–Trinajstić information content (AvgIpc) is 3.26. The summed E-state index contributed by atoms with van der Waals surface area (Å²) in [4.78, 5) is 2.58. The third-order valence-electron chi connectivity index (χ3n) is 3.83. The van der Waals surface area contributed by atoms with Crippen LogP contribution in [0.25, 0.3) is 0 Å². The molecule has 1 aromatic carbocycles. The zero-order chi connectivity index (χ0) is 13.7. The number of hydrogen-bond acceptors (Lipinski definition) is 3. The molecule has 0 aliphatic heterocycles. The summed E-state index contributed by atoms with van der Waals surface area (Å²) in [6.45, 7) is 7.22. The van der Waals surface area contributed by atoms with E-state index < -0.39 is 0 Å². The zero-order valence-electron chi connectivity index (χ0n) is 12.4. The molecule has 3 nitrogen and oxygen atoms in total. The molecule has 106 valence electrons. The van der Waals surface area contributed by atoms with Crippen molar-refractivity contribution in [1.82, 2.24) is 10.2 Å². The van der Waals surface area contributed by atoms with Gasteiger partial charge in [-0.15, -0.1) is 0 Å². The van der Waals surface area contributed by atoms with Crippen LogP contribution in [0.3, 0.4) is 0 Å². The van der Waals surface area contributed by atoms with Crippen LogP contribution >= 0.6 is 0 Å². The van der Waals surface area contributed by atoms with E-state index in [9.17, 15) is 0 Å². The highest BCUT2D eigenvalue weighted by molar-refractivity contribution is 5.29. The van der Waals surface area contributed by atoms with E-state index in [2.05, 4.69) is 41.4 Å². The Morgan fingerprint density at radius 1 is 1.26 bits per heavy atom. The van der Waals surface area contributed by atoms with Gasteiger partial charge in [-0.1, -0.05) is 19.1 Å². The first-order valence-corrected chi connectivity index (χ1v) is 7.42. The normalized spacial score (nSPS) is 16.6. The van der Waals surface area contributed by atoms with E-state index in [0.29, 0.717) is 6.04 Å². The molecule has 19 heavy (non-hydrogen) atoms. The summed E-state index contributed by atoms with van der Waals surface area (Å²) < 4.78 is 5.49. The van der Waals surface area contributed by atoms with Crippen molar-refractivity contribution in [1.29, 1.82) is 0 Å². The van der Waals surface area contributed by atoms with Gasteiger partial charge in [0.25, 0.3) is 0 Å². The van der Waals surface area contributed by atoms with Gasteiger partial charge in [-0.2, -0.15) is 0 Å². The number of ether oxygens (including phenoxy) is 1. The fourth-order valence-electron chi connectivity index (χ4n) is 2.54. The highest BCUT2D eigenvalue weighted by Gasteiger charge is 2.29. The van der Waals surface area contributed by atoms with E-state index >= 15 is 0 Å². The van der Waals surface area contributed by atoms with Gasteiger partial charge in [0.05, 0.1) is 6.61 Å². The highest BCUT2D eigenvalue weighted by Crippen LogP contribution is 2.28. The molecule has 0 heterocycles. The minimum atomic E-state index is 0.399. The predicted molar refractivity (Wildman–Crippen MR) is 79.7 cm³/mol. The average molecular weight is 262 g/mol. The Morgan fingerprint density at radius 2 is 1.95 bits per heavy atom. The Kier molecular flexibility index (Phi) is 5.23. The van der Waals surface area contributed by atoms with E-state index in [1.807, 2.05) is 14.0 Å². The zero-order valence-corrected chi connectivity index (χ0v) is 12.4. The maximum Gasteiger partial charge on any atom is 0.119 e. The fraction of sp³-hybridized carbons (Fsp3) is 0.625. The number of likely N-dealkylation sites (N-methyl/N-ethyl adjacent to an activating group) is 2. The lowest BCUT2D eigenvalue weighted by atomic mass is 10.1. The van der Waals surface area contributed by atoms with E-state index in [1.54, 1.807) is 0 Å². The number of rotatable bonds is 8. The molecule has 1 fully saturated rings. The summed E-state index contributed by atoms with van der Waals surface area (Å²) >= 11 is 0. The van der Waals surface area contributed by atoms with E-state index in [1.165, 1.54) is 18.4 Å². The molecule has 1 aromatic rings. The van der Waals surface area contributed by atoms with Gasteiger partial charge in [-0.3, -0.25) is 4.90 Å². The number of benzene rings is 1. The fourth-order valence-corrected chi connectivity index (χ4v) is 2.54. The molecule has 0 amide bonds. The molecule has 0 radical (unpaired) electrons. The van der Waals surface area contributed by atoms with Gasteiger partial charge in [0.1, 0.15) is 5.75 Å². The maximum atomic E-state index is 5.49. The summed E-state index contributed by atoms with van der Waals surface area (Å²) in [7, 11) is 2.04. The summed E-state index contributed by atoms with van der Waals surface area (Å²) in [5.74, 6) is 0.954. The van der Waals surface area contributed by atoms with Gasteiger partial charge in [0.2, 0.25) is 0 Å². The van der Waals surface area contributed by atoms with Gasteiger partial charge in [-0.25, -0.2) is 0 Å². The van der Waals surface area contributed by atoms with Crippen LogP contribution in [-0.2, 0) is 0 Å². The molecule has 1 atom stereocenters. The van der Waals surface area contributed by atoms with Gasteiger partial charge in [-0.05, 0) is 51.1 Å². The number of nitrogens with zero attached hydrogens (tertiary/aromatic N) is 1. The summed E-state index contributed by atoms with van der Waals surface area (Å²) in [5.41, 5.74) is 1.34. The number of hydrogen-bond donors (Lipinski definition) is 1. The van der Waals surface area contributed by atoms with Gasteiger partial charge in [0.15, 0.2) is 0 Å². The van der Waals surface area contributed by atoms with Crippen LogP contribution in [0.4, 0.5) is 0 Å². The minimum absolute atomic E-state index is 0.399. The number of nitrogens with one attached hydrogen (secondary N) is 1. The van der Waals surface area contributed by atoms with Crippen molar-refractivity contribution < 1.29 is 4.74 Å². The molecule has 0 bridgehead atoms. The second-order valence-corrected chi connectivity index (χ2v) is 5.16. The molecule has 2 rings (SSSR count). The molecular formula is C16H26N2O. The van der Waals surface area contributed by atoms with Crippen molar-refractivity contribution in [3.05, 3.63) is 29.8 Å². The quantitative estimate of drug-likeness (QED) is 0.779.